The highest BCUT2D eigenvalue weighted by Gasteiger charge is 2.42. The first-order chi connectivity index (χ1) is 15.8. The molecule has 1 fully saturated rings. The molecule has 0 N–H and O–H groups in total. The summed E-state index contributed by atoms with van der Waals surface area (Å²) in [5.74, 6) is 1.01. The van der Waals surface area contributed by atoms with Gasteiger partial charge in [-0.25, -0.2) is 4.98 Å². The Labute approximate surface area is 182 Å². The number of imidazole rings is 1. The first kappa shape index (κ1) is 17.5. The number of para-hydroxylation sites is 1. The predicted octanol–water partition coefficient (Wildman–Crippen LogP) is 3.83. The number of carbonyl (C=O) groups is 1. The summed E-state index contributed by atoms with van der Waals surface area (Å²) in [4.78, 5) is 24.2. The third kappa shape index (κ3) is 2.43. The minimum Gasteiger partial charge on any atom is -0.345 e. The monoisotopic (exact) mass is 422 g/mol. The first-order valence-electron chi connectivity index (χ1n) is 10.6. The van der Waals surface area contributed by atoms with Gasteiger partial charge in [0.15, 0.2) is 11.5 Å². The van der Waals surface area contributed by atoms with Crippen molar-refractivity contribution in [1.82, 2.24) is 29.2 Å². The van der Waals surface area contributed by atoms with Crippen LogP contribution in [0, 0.1) is 0 Å². The van der Waals surface area contributed by atoms with Crippen molar-refractivity contribution in [2.45, 2.75) is 19.0 Å². The standard InChI is InChI=1S/C24H18N6O2/c31-24-17-7-3-4-8-18(17)30-14-25-21(22(30)19-9-10-29(19)24)23-26-20(27-32-23)13-28-11-15-5-1-2-6-16(15)12-28/h1-8,11-12,14,19H,9-10,13H2/t19-/m0/s1. The number of hydrogen-bond acceptors (Lipinski definition) is 5. The van der Waals surface area contributed by atoms with E-state index in [1.54, 1.807) is 6.33 Å². The molecule has 8 nitrogen and oxygen atoms in total. The van der Waals surface area contributed by atoms with Crippen molar-refractivity contribution >= 4 is 16.7 Å². The van der Waals surface area contributed by atoms with Crippen LogP contribution in [0.5, 0.6) is 0 Å². The van der Waals surface area contributed by atoms with Crippen LogP contribution in [0.15, 0.2) is 71.8 Å². The summed E-state index contributed by atoms with van der Waals surface area (Å²) in [6, 6.07) is 15.8. The fourth-order valence-corrected chi connectivity index (χ4v) is 4.78. The Morgan fingerprint density at radius 3 is 2.59 bits per heavy atom. The summed E-state index contributed by atoms with van der Waals surface area (Å²) < 4.78 is 9.68. The zero-order valence-electron chi connectivity index (χ0n) is 17.0. The van der Waals surface area contributed by atoms with Gasteiger partial charge in [0.2, 0.25) is 0 Å². The van der Waals surface area contributed by atoms with E-state index in [0.29, 0.717) is 29.5 Å². The highest BCUT2D eigenvalue weighted by Crippen LogP contribution is 2.43. The van der Waals surface area contributed by atoms with Gasteiger partial charge in [-0.15, -0.1) is 0 Å². The van der Waals surface area contributed by atoms with Crippen LogP contribution in [0.1, 0.15) is 34.3 Å². The van der Waals surface area contributed by atoms with E-state index in [-0.39, 0.29) is 11.9 Å². The Hall–Kier alpha value is -4.20. The summed E-state index contributed by atoms with van der Waals surface area (Å²) in [6.07, 6.45) is 6.78. The quantitative estimate of drug-likeness (QED) is 0.441. The minimum absolute atomic E-state index is 0.0440. The fourth-order valence-electron chi connectivity index (χ4n) is 4.78. The maximum atomic E-state index is 13.0. The lowest BCUT2D eigenvalue weighted by Gasteiger charge is -2.39. The molecule has 3 aromatic heterocycles. The molecule has 7 rings (SSSR count). The molecule has 2 aliphatic rings. The number of fused-ring (bicyclic) bond motifs is 6. The lowest BCUT2D eigenvalue weighted by Crippen LogP contribution is -2.44. The number of rotatable bonds is 3. The molecule has 0 aliphatic carbocycles. The molecule has 8 heteroatoms. The van der Waals surface area contributed by atoms with Crippen molar-refractivity contribution < 1.29 is 9.32 Å². The SMILES string of the molecule is O=C1c2ccccc2-n2cnc(-c3nc(Cn4cc5ccccc5c4)no3)c2[C@@H]2CCN12. The van der Waals surface area contributed by atoms with Gasteiger partial charge in [0, 0.05) is 18.9 Å². The molecule has 32 heavy (non-hydrogen) atoms. The smallest absolute Gasteiger partial charge is 0.278 e. The van der Waals surface area contributed by atoms with Crippen LogP contribution in [0.4, 0.5) is 0 Å². The highest BCUT2D eigenvalue weighted by atomic mass is 16.5. The molecule has 2 aromatic carbocycles. The Kier molecular flexibility index (Phi) is 3.49. The average Bonchev–Trinajstić information content (AvgIpc) is 3.50. The Morgan fingerprint density at radius 2 is 1.81 bits per heavy atom. The van der Waals surface area contributed by atoms with Crippen molar-refractivity contribution in [3.63, 3.8) is 0 Å². The van der Waals surface area contributed by atoms with Crippen molar-refractivity contribution in [3.05, 3.63) is 84.3 Å². The topological polar surface area (TPSA) is 82.0 Å². The lowest BCUT2D eigenvalue weighted by atomic mass is 9.97. The molecule has 5 aromatic rings. The molecular formula is C24H18N6O2. The maximum Gasteiger partial charge on any atom is 0.278 e. The van der Waals surface area contributed by atoms with Gasteiger partial charge in [-0.3, -0.25) is 9.36 Å². The average molecular weight is 422 g/mol. The summed E-state index contributed by atoms with van der Waals surface area (Å²) in [5, 5.41) is 6.54. The van der Waals surface area contributed by atoms with E-state index in [4.69, 9.17) is 4.52 Å². The van der Waals surface area contributed by atoms with E-state index < -0.39 is 0 Å². The third-order valence-electron chi connectivity index (χ3n) is 6.40. The van der Waals surface area contributed by atoms with Crippen LogP contribution in [-0.2, 0) is 6.54 Å². The van der Waals surface area contributed by atoms with Crippen LogP contribution >= 0.6 is 0 Å². The summed E-state index contributed by atoms with van der Waals surface area (Å²) in [7, 11) is 0. The van der Waals surface area contributed by atoms with Crippen molar-refractivity contribution in [3.8, 4) is 17.3 Å². The van der Waals surface area contributed by atoms with Crippen molar-refractivity contribution in [1.29, 1.82) is 0 Å². The Morgan fingerprint density at radius 1 is 1.03 bits per heavy atom. The minimum atomic E-state index is -0.0440. The zero-order chi connectivity index (χ0) is 21.2. The van der Waals surface area contributed by atoms with Gasteiger partial charge in [0.05, 0.1) is 29.5 Å². The molecule has 0 unspecified atom stereocenters. The van der Waals surface area contributed by atoms with Gasteiger partial charge in [0.1, 0.15) is 6.33 Å². The van der Waals surface area contributed by atoms with Crippen LogP contribution in [-0.4, -0.2) is 41.6 Å². The van der Waals surface area contributed by atoms with Gasteiger partial charge < -0.3 is 14.0 Å². The fraction of sp³-hybridized carbons (Fsp3) is 0.167. The van der Waals surface area contributed by atoms with E-state index in [0.717, 1.165) is 24.3 Å². The largest absolute Gasteiger partial charge is 0.345 e. The normalized spacial score (nSPS) is 16.9. The van der Waals surface area contributed by atoms with Crippen LogP contribution in [0.3, 0.4) is 0 Å². The molecular weight excluding hydrogens is 404 g/mol. The summed E-state index contributed by atoms with van der Waals surface area (Å²) in [5.41, 5.74) is 3.09. The van der Waals surface area contributed by atoms with E-state index in [9.17, 15) is 4.79 Å². The van der Waals surface area contributed by atoms with Crippen molar-refractivity contribution in [2.75, 3.05) is 6.54 Å². The van der Waals surface area contributed by atoms with Crippen molar-refractivity contribution in [2.24, 2.45) is 0 Å². The van der Waals surface area contributed by atoms with Crippen LogP contribution in [0.25, 0.3) is 28.0 Å². The number of carbonyl (C=O) groups excluding carboxylic acids is 1. The highest BCUT2D eigenvalue weighted by molar-refractivity contribution is 5.99. The van der Waals surface area contributed by atoms with Gasteiger partial charge in [-0.1, -0.05) is 41.6 Å². The third-order valence-corrected chi connectivity index (χ3v) is 6.40. The molecule has 1 saturated heterocycles. The van der Waals surface area contributed by atoms with Crippen LogP contribution in [0.2, 0.25) is 0 Å². The predicted molar refractivity (Wildman–Crippen MR) is 116 cm³/mol. The molecule has 0 bridgehead atoms. The first-order valence-corrected chi connectivity index (χ1v) is 10.6. The second-order valence-corrected chi connectivity index (χ2v) is 8.24. The van der Waals surface area contributed by atoms with E-state index in [1.807, 2.05) is 45.9 Å². The molecule has 156 valence electrons. The molecule has 2 aliphatic heterocycles. The van der Waals surface area contributed by atoms with Gasteiger partial charge in [0.25, 0.3) is 11.8 Å². The number of aromatic nitrogens is 5. The summed E-state index contributed by atoms with van der Waals surface area (Å²) >= 11 is 0. The molecule has 1 atom stereocenters. The Balaban J connectivity index is 1.28. The van der Waals surface area contributed by atoms with E-state index >= 15 is 0 Å². The Bertz CT molecular complexity index is 1480. The van der Waals surface area contributed by atoms with Crippen LogP contribution < -0.4 is 0 Å². The second kappa shape index (κ2) is 6.40. The van der Waals surface area contributed by atoms with Gasteiger partial charge in [-0.2, -0.15) is 4.98 Å². The number of amides is 1. The molecule has 1 amide bonds. The van der Waals surface area contributed by atoms with Gasteiger partial charge >= 0.3 is 0 Å². The molecule has 0 spiro atoms. The molecule has 0 saturated carbocycles. The maximum absolute atomic E-state index is 13.0. The molecule has 5 heterocycles. The number of nitrogens with zero attached hydrogens (tertiary/aromatic N) is 6. The van der Waals surface area contributed by atoms with Gasteiger partial charge in [-0.05, 0) is 29.3 Å². The zero-order valence-corrected chi connectivity index (χ0v) is 17.0. The molecule has 0 radical (unpaired) electrons. The number of benzene rings is 2. The summed E-state index contributed by atoms with van der Waals surface area (Å²) in [6.45, 7) is 1.24. The van der Waals surface area contributed by atoms with E-state index in [2.05, 4.69) is 44.2 Å². The lowest BCUT2D eigenvalue weighted by molar-refractivity contribution is 0.0461. The van der Waals surface area contributed by atoms with E-state index in [1.165, 1.54) is 10.8 Å². The number of hydrogen-bond donors (Lipinski definition) is 0. The second-order valence-electron chi connectivity index (χ2n) is 8.24.